The quantitative estimate of drug-likeness (QED) is 0.0495. The molecule has 0 fully saturated rings. The largest absolute Gasteiger partial charge is 0.341 e. The monoisotopic (exact) mass is 834 g/mol. The smallest absolute Gasteiger partial charge is 0.209 e. The van der Waals surface area contributed by atoms with E-state index in [2.05, 4.69) is 125 Å². The fraction of sp³-hybridized carbons (Fsp3) is 0.712. The van der Waals surface area contributed by atoms with Gasteiger partial charge in [0.1, 0.15) is 6.54 Å². The highest BCUT2D eigenvalue weighted by molar-refractivity contribution is 6.03. The van der Waals surface area contributed by atoms with Gasteiger partial charge in [-0.2, -0.15) is 4.58 Å². The molecule has 0 aliphatic carbocycles. The lowest BCUT2D eigenvalue weighted by Gasteiger charge is -2.32. The van der Waals surface area contributed by atoms with Gasteiger partial charge < -0.3 is 4.90 Å². The molecule has 0 N–H and O–H groups in total. The number of unbranched alkanes of at least 4 members (excludes halogenated alkanes) is 28. The van der Waals surface area contributed by atoms with E-state index in [0.717, 1.165) is 6.54 Å². The van der Waals surface area contributed by atoms with E-state index in [-0.39, 0.29) is 10.8 Å². The van der Waals surface area contributed by atoms with Gasteiger partial charge in [-0.05, 0) is 51.3 Å². The Morgan fingerprint density at radius 3 is 1.39 bits per heavy atom. The van der Waals surface area contributed by atoms with Crippen LogP contribution in [0.25, 0.3) is 0 Å². The van der Waals surface area contributed by atoms with Crippen molar-refractivity contribution in [2.45, 2.75) is 264 Å². The molecule has 4 rings (SSSR count). The normalized spacial score (nSPS) is 16.6. The van der Waals surface area contributed by atoms with E-state index >= 15 is 0 Å². The first-order valence-electron chi connectivity index (χ1n) is 26.8. The summed E-state index contributed by atoms with van der Waals surface area (Å²) in [5.74, 6) is 0. The van der Waals surface area contributed by atoms with Gasteiger partial charge in [0, 0.05) is 47.0 Å². The molecule has 2 aliphatic rings. The fourth-order valence-corrected chi connectivity index (χ4v) is 10.7. The average Bonchev–Trinajstić information content (AvgIpc) is 3.62. The predicted molar refractivity (Wildman–Crippen MR) is 272 cm³/mol. The molecule has 2 nitrogen and oxygen atoms in total. The molecule has 1 atom stereocenters. The van der Waals surface area contributed by atoms with Gasteiger partial charge in [-0.3, -0.25) is 0 Å². The number of allylic oxidation sites excluding steroid dienone is 4. The maximum atomic E-state index is 2.70. The summed E-state index contributed by atoms with van der Waals surface area (Å²) in [4.78, 5) is 2.70. The van der Waals surface area contributed by atoms with E-state index in [1.54, 1.807) is 0 Å². The van der Waals surface area contributed by atoms with Crippen LogP contribution in [0.3, 0.4) is 0 Å². The van der Waals surface area contributed by atoms with Crippen LogP contribution in [0.5, 0.6) is 0 Å². The van der Waals surface area contributed by atoms with Crippen LogP contribution < -0.4 is 4.90 Å². The Morgan fingerprint density at radius 1 is 0.492 bits per heavy atom. The Balaban J connectivity index is 1.27. The molecule has 0 aromatic heterocycles. The van der Waals surface area contributed by atoms with Crippen LogP contribution >= 0.6 is 0 Å². The Morgan fingerprint density at radius 2 is 0.902 bits per heavy atom. The van der Waals surface area contributed by atoms with E-state index in [4.69, 9.17) is 0 Å². The maximum Gasteiger partial charge on any atom is 0.209 e. The van der Waals surface area contributed by atoms with Crippen LogP contribution in [0, 0.1) is 0 Å². The van der Waals surface area contributed by atoms with Crippen molar-refractivity contribution in [2.75, 3.05) is 11.4 Å². The van der Waals surface area contributed by atoms with Gasteiger partial charge in [-0.25, -0.2) is 0 Å². The minimum Gasteiger partial charge on any atom is -0.341 e. The maximum absolute atomic E-state index is 2.70. The Bertz CT molecular complexity index is 1570. The summed E-state index contributed by atoms with van der Waals surface area (Å²) in [6, 6.07) is 18.9. The van der Waals surface area contributed by atoms with E-state index in [0.29, 0.717) is 6.04 Å². The standard InChI is InChI=1S/C59H97N2/c1-8-10-12-14-16-18-20-22-24-25-27-29-31-33-35-41-50-60-54-46-39-37-44-52(54)58(4,5)56(60)48-42-49-57-59(6,7)53-45-38-40-47-55(53)61(57)51(3)43-36-34-32-30-28-26-23-21-19-17-15-13-11-9-2/h37-40,42,44-49,51H,8-36,41,43,50H2,1-7H3/q+1. The van der Waals surface area contributed by atoms with Crippen molar-refractivity contribution in [3.05, 3.63) is 83.6 Å². The minimum absolute atomic E-state index is 0.0182. The molecule has 2 aromatic carbocycles. The molecule has 0 amide bonds. The second-order valence-electron chi connectivity index (χ2n) is 20.6. The van der Waals surface area contributed by atoms with Gasteiger partial charge in [-0.1, -0.05) is 250 Å². The van der Waals surface area contributed by atoms with Gasteiger partial charge in [0.05, 0.1) is 5.41 Å². The summed E-state index contributed by atoms with van der Waals surface area (Å²) in [6.07, 6.45) is 51.0. The molecule has 2 heteroatoms. The number of hydrogen-bond acceptors (Lipinski definition) is 1. The summed E-state index contributed by atoms with van der Waals surface area (Å²) in [5, 5.41) is 0. The molecule has 0 saturated carbocycles. The van der Waals surface area contributed by atoms with Gasteiger partial charge in [0.2, 0.25) is 5.69 Å². The van der Waals surface area contributed by atoms with Gasteiger partial charge in [0.25, 0.3) is 0 Å². The van der Waals surface area contributed by atoms with Crippen molar-refractivity contribution >= 4 is 17.1 Å². The van der Waals surface area contributed by atoms with E-state index in [1.165, 1.54) is 233 Å². The zero-order valence-corrected chi connectivity index (χ0v) is 41.5. The third kappa shape index (κ3) is 16.5. The summed E-state index contributed by atoms with van der Waals surface area (Å²) < 4.78 is 2.67. The molecule has 0 saturated heterocycles. The van der Waals surface area contributed by atoms with Crippen molar-refractivity contribution < 1.29 is 4.58 Å². The van der Waals surface area contributed by atoms with Crippen LogP contribution in [-0.4, -0.2) is 22.9 Å². The highest BCUT2D eigenvalue weighted by Gasteiger charge is 2.44. The molecular weight excluding hydrogens is 737 g/mol. The van der Waals surface area contributed by atoms with Crippen LogP contribution in [0.1, 0.15) is 259 Å². The van der Waals surface area contributed by atoms with Crippen LogP contribution in [0.15, 0.2) is 72.5 Å². The zero-order valence-electron chi connectivity index (χ0n) is 41.5. The number of anilines is 1. The SMILES string of the molecule is CCCCCCCCCCCCCCCCCC[N+]1=C(C=CC=C2N(C(C)CCCCCCCCCCCCCCCC)c3ccccc3C2(C)C)C(C)(C)c2ccccc21. The molecule has 342 valence electrons. The summed E-state index contributed by atoms with van der Waals surface area (Å²) in [6.45, 7) is 18.0. The lowest BCUT2D eigenvalue weighted by molar-refractivity contribution is -0.438. The number of fused-ring (bicyclic) bond motifs is 2. The van der Waals surface area contributed by atoms with Gasteiger partial charge in [0.15, 0.2) is 5.71 Å². The molecule has 0 spiro atoms. The highest BCUT2D eigenvalue weighted by atomic mass is 15.2. The second kappa shape index (κ2) is 29.0. The Hall–Kier alpha value is -2.61. The molecule has 61 heavy (non-hydrogen) atoms. The summed E-state index contributed by atoms with van der Waals surface area (Å²) in [7, 11) is 0. The van der Waals surface area contributed by atoms with Crippen LogP contribution in [-0.2, 0) is 10.8 Å². The first kappa shape index (κ1) is 51.0. The van der Waals surface area contributed by atoms with E-state index in [9.17, 15) is 0 Å². The third-order valence-corrected chi connectivity index (χ3v) is 14.7. The lowest BCUT2D eigenvalue weighted by Crippen LogP contribution is -2.33. The minimum atomic E-state index is -0.0310. The Labute approximate surface area is 379 Å². The number of hydrogen-bond donors (Lipinski definition) is 0. The van der Waals surface area contributed by atoms with Crippen molar-refractivity contribution in [3.63, 3.8) is 0 Å². The number of nitrogens with zero attached hydrogens (tertiary/aromatic N) is 2. The van der Waals surface area contributed by atoms with Crippen molar-refractivity contribution in [1.29, 1.82) is 0 Å². The molecule has 1 unspecified atom stereocenters. The molecular formula is C59H97N2+. The fourth-order valence-electron chi connectivity index (χ4n) is 10.7. The third-order valence-electron chi connectivity index (χ3n) is 14.7. The first-order valence-corrected chi connectivity index (χ1v) is 26.8. The van der Waals surface area contributed by atoms with Crippen LogP contribution in [0.4, 0.5) is 11.4 Å². The lowest BCUT2D eigenvalue weighted by atomic mass is 9.81. The average molecular weight is 834 g/mol. The number of rotatable bonds is 35. The van der Waals surface area contributed by atoms with Gasteiger partial charge in [-0.15, -0.1) is 0 Å². The number of benzene rings is 2. The van der Waals surface area contributed by atoms with Crippen molar-refractivity contribution in [1.82, 2.24) is 0 Å². The van der Waals surface area contributed by atoms with E-state index < -0.39 is 0 Å². The molecule has 2 aliphatic heterocycles. The van der Waals surface area contributed by atoms with Crippen molar-refractivity contribution in [2.24, 2.45) is 0 Å². The first-order chi connectivity index (χ1) is 29.7. The van der Waals surface area contributed by atoms with E-state index in [1.807, 2.05) is 0 Å². The van der Waals surface area contributed by atoms with Crippen LogP contribution in [0.2, 0.25) is 0 Å². The molecule has 2 aromatic rings. The highest BCUT2D eigenvalue weighted by Crippen LogP contribution is 2.49. The van der Waals surface area contributed by atoms with Gasteiger partial charge >= 0.3 is 0 Å². The second-order valence-corrected chi connectivity index (χ2v) is 20.6. The molecule has 0 radical (unpaired) electrons. The number of para-hydroxylation sites is 2. The Kier molecular flexibility index (Phi) is 24.2. The zero-order chi connectivity index (χ0) is 43.6. The predicted octanol–water partition coefficient (Wildman–Crippen LogP) is 18.8. The summed E-state index contributed by atoms with van der Waals surface area (Å²) in [5.41, 5.74) is 8.61. The molecule has 2 heterocycles. The van der Waals surface area contributed by atoms with Crippen molar-refractivity contribution in [3.8, 4) is 0 Å². The topological polar surface area (TPSA) is 6.25 Å². The molecule has 0 bridgehead atoms. The summed E-state index contributed by atoms with van der Waals surface area (Å²) >= 11 is 0.